The van der Waals surface area contributed by atoms with Gasteiger partial charge in [-0.15, -0.1) is 0 Å². The number of aliphatic hydroxyl groups excluding tert-OH is 1. The molecule has 1 aliphatic carbocycles. The van der Waals surface area contributed by atoms with Gasteiger partial charge in [-0.1, -0.05) is 12.5 Å². The zero-order valence-corrected chi connectivity index (χ0v) is 11.2. The van der Waals surface area contributed by atoms with Gasteiger partial charge >= 0.3 is 0 Å². The predicted octanol–water partition coefficient (Wildman–Crippen LogP) is 1.71. The first-order valence-electron chi connectivity index (χ1n) is 6.68. The van der Waals surface area contributed by atoms with E-state index in [2.05, 4.69) is 4.98 Å². The Morgan fingerprint density at radius 3 is 3.05 bits per heavy atom. The van der Waals surface area contributed by atoms with Crippen LogP contribution in [-0.2, 0) is 4.79 Å². The highest BCUT2D eigenvalue weighted by Gasteiger charge is 2.26. The molecule has 2 rings (SSSR count). The zero-order chi connectivity index (χ0) is 13.7. The topological polar surface area (TPSA) is 53.4 Å². The number of likely N-dealkylation sites (N-methyl/N-ethyl adjacent to an activating group) is 1. The van der Waals surface area contributed by atoms with Crippen LogP contribution in [0.15, 0.2) is 30.6 Å². The minimum atomic E-state index is -0.252. The zero-order valence-electron chi connectivity index (χ0n) is 11.2. The Bertz CT molecular complexity index is 445. The second-order valence-electron chi connectivity index (χ2n) is 5.10. The number of nitrogens with zero attached hydrogens (tertiary/aromatic N) is 2. The van der Waals surface area contributed by atoms with E-state index in [1.165, 1.54) is 0 Å². The number of aliphatic hydroxyl groups is 1. The minimum Gasteiger partial charge on any atom is -0.393 e. The Kier molecular flexibility index (Phi) is 4.68. The monoisotopic (exact) mass is 260 g/mol. The summed E-state index contributed by atoms with van der Waals surface area (Å²) in [6, 6.07) is 3.74. The van der Waals surface area contributed by atoms with E-state index >= 15 is 0 Å². The van der Waals surface area contributed by atoms with Gasteiger partial charge < -0.3 is 10.0 Å². The summed E-state index contributed by atoms with van der Waals surface area (Å²) in [5, 5.41) is 9.76. The molecule has 1 aromatic heterocycles. The summed E-state index contributed by atoms with van der Waals surface area (Å²) < 4.78 is 0. The maximum atomic E-state index is 11.9. The van der Waals surface area contributed by atoms with Crippen molar-refractivity contribution in [1.82, 2.24) is 9.88 Å². The van der Waals surface area contributed by atoms with E-state index in [1.807, 2.05) is 12.1 Å². The van der Waals surface area contributed by atoms with Gasteiger partial charge in [0.15, 0.2) is 0 Å². The molecule has 1 fully saturated rings. The highest BCUT2D eigenvalue weighted by atomic mass is 16.3. The van der Waals surface area contributed by atoms with Crippen molar-refractivity contribution in [3.8, 4) is 0 Å². The molecule has 1 heterocycles. The van der Waals surface area contributed by atoms with Gasteiger partial charge in [0.25, 0.3) is 0 Å². The number of carbonyl (C=O) groups is 1. The molecule has 0 spiro atoms. The summed E-state index contributed by atoms with van der Waals surface area (Å²) >= 11 is 0. The van der Waals surface area contributed by atoms with E-state index in [0.29, 0.717) is 6.54 Å². The van der Waals surface area contributed by atoms with Gasteiger partial charge in [0, 0.05) is 38.0 Å². The summed E-state index contributed by atoms with van der Waals surface area (Å²) in [4.78, 5) is 17.6. The summed E-state index contributed by atoms with van der Waals surface area (Å²) in [5.41, 5.74) is 0.908. The minimum absolute atomic E-state index is 0.0389. The fourth-order valence-corrected chi connectivity index (χ4v) is 2.44. The lowest BCUT2D eigenvalue weighted by Crippen LogP contribution is -2.33. The van der Waals surface area contributed by atoms with Crippen molar-refractivity contribution in [2.24, 2.45) is 5.92 Å². The lowest BCUT2D eigenvalue weighted by molar-refractivity contribution is -0.125. The second-order valence-corrected chi connectivity index (χ2v) is 5.10. The van der Waals surface area contributed by atoms with Gasteiger partial charge in [0.05, 0.1) is 6.10 Å². The fraction of sp³-hybridized carbons (Fsp3) is 0.467. The van der Waals surface area contributed by atoms with Gasteiger partial charge in [-0.2, -0.15) is 0 Å². The first kappa shape index (κ1) is 13.7. The maximum absolute atomic E-state index is 11.9. The molecule has 1 aliphatic rings. The second kappa shape index (κ2) is 6.48. The van der Waals surface area contributed by atoms with E-state index in [-0.39, 0.29) is 17.9 Å². The third kappa shape index (κ3) is 3.89. The van der Waals surface area contributed by atoms with Crippen LogP contribution in [0, 0.1) is 5.92 Å². The molecule has 0 saturated heterocycles. The SMILES string of the molecule is CN(CC1CCCC1O)C(=O)/C=C/c1cccnc1. The number of aromatic nitrogens is 1. The molecule has 19 heavy (non-hydrogen) atoms. The van der Waals surface area contributed by atoms with Crippen molar-refractivity contribution in [2.75, 3.05) is 13.6 Å². The van der Waals surface area contributed by atoms with E-state index in [4.69, 9.17) is 0 Å². The molecular weight excluding hydrogens is 240 g/mol. The standard InChI is InChI=1S/C15H20N2O2/c1-17(11-13-5-2-6-14(13)18)15(19)8-7-12-4-3-9-16-10-12/h3-4,7-10,13-14,18H,2,5-6,11H2,1H3/b8-7+. The van der Waals surface area contributed by atoms with Crippen LogP contribution in [-0.4, -0.2) is 40.6 Å². The number of amides is 1. The molecule has 2 unspecified atom stereocenters. The van der Waals surface area contributed by atoms with E-state index in [9.17, 15) is 9.90 Å². The Morgan fingerprint density at radius 1 is 1.58 bits per heavy atom. The number of hydrogen-bond acceptors (Lipinski definition) is 3. The van der Waals surface area contributed by atoms with Crippen LogP contribution in [0.5, 0.6) is 0 Å². The highest BCUT2D eigenvalue weighted by molar-refractivity contribution is 5.91. The van der Waals surface area contributed by atoms with Crippen LogP contribution in [0.3, 0.4) is 0 Å². The van der Waals surface area contributed by atoms with Gasteiger partial charge in [-0.05, 0) is 30.5 Å². The quantitative estimate of drug-likeness (QED) is 0.839. The van der Waals surface area contributed by atoms with Crippen LogP contribution in [0.25, 0.3) is 6.08 Å². The summed E-state index contributed by atoms with van der Waals surface area (Å²) in [6.07, 6.45) is 9.40. The molecule has 1 saturated carbocycles. The summed E-state index contributed by atoms with van der Waals surface area (Å²) in [7, 11) is 1.78. The molecule has 1 N–H and O–H groups in total. The van der Waals surface area contributed by atoms with Crippen LogP contribution in [0.1, 0.15) is 24.8 Å². The molecule has 4 nitrogen and oxygen atoms in total. The van der Waals surface area contributed by atoms with Crippen molar-refractivity contribution in [1.29, 1.82) is 0 Å². The van der Waals surface area contributed by atoms with Crippen molar-refractivity contribution in [3.05, 3.63) is 36.2 Å². The molecule has 0 radical (unpaired) electrons. The molecule has 2 atom stereocenters. The molecule has 0 bridgehead atoms. The fourth-order valence-electron chi connectivity index (χ4n) is 2.44. The normalized spacial score (nSPS) is 22.8. The Labute approximate surface area is 113 Å². The average molecular weight is 260 g/mol. The van der Waals surface area contributed by atoms with E-state index < -0.39 is 0 Å². The van der Waals surface area contributed by atoms with Crippen LogP contribution < -0.4 is 0 Å². The molecular formula is C15H20N2O2. The van der Waals surface area contributed by atoms with Crippen molar-refractivity contribution >= 4 is 12.0 Å². The molecule has 0 aromatic carbocycles. The van der Waals surface area contributed by atoms with Gasteiger partial charge in [0.1, 0.15) is 0 Å². The first-order valence-corrected chi connectivity index (χ1v) is 6.68. The smallest absolute Gasteiger partial charge is 0.246 e. The van der Waals surface area contributed by atoms with Gasteiger partial charge in [0.2, 0.25) is 5.91 Å². The Hall–Kier alpha value is -1.68. The molecule has 1 amide bonds. The van der Waals surface area contributed by atoms with Crippen LogP contribution >= 0.6 is 0 Å². The summed E-state index contributed by atoms with van der Waals surface area (Å²) in [5.74, 6) is 0.184. The van der Waals surface area contributed by atoms with Gasteiger partial charge in [-0.25, -0.2) is 0 Å². The van der Waals surface area contributed by atoms with E-state index in [0.717, 1.165) is 24.8 Å². The largest absolute Gasteiger partial charge is 0.393 e. The Morgan fingerprint density at radius 2 is 2.42 bits per heavy atom. The number of pyridine rings is 1. The van der Waals surface area contributed by atoms with Crippen molar-refractivity contribution in [2.45, 2.75) is 25.4 Å². The lowest BCUT2D eigenvalue weighted by Gasteiger charge is -2.22. The molecule has 1 aromatic rings. The van der Waals surface area contributed by atoms with Crippen LogP contribution in [0.2, 0.25) is 0 Å². The molecule has 0 aliphatic heterocycles. The summed E-state index contributed by atoms with van der Waals surface area (Å²) in [6.45, 7) is 0.622. The Balaban J connectivity index is 1.87. The third-order valence-corrected chi connectivity index (χ3v) is 3.61. The lowest BCUT2D eigenvalue weighted by atomic mass is 10.1. The third-order valence-electron chi connectivity index (χ3n) is 3.61. The van der Waals surface area contributed by atoms with Crippen LogP contribution in [0.4, 0.5) is 0 Å². The molecule has 102 valence electrons. The maximum Gasteiger partial charge on any atom is 0.246 e. The molecule has 4 heteroatoms. The van der Waals surface area contributed by atoms with Crippen molar-refractivity contribution < 1.29 is 9.90 Å². The number of rotatable bonds is 4. The number of carbonyl (C=O) groups excluding carboxylic acids is 1. The van der Waals surface area contributed by atoms with Gasteiger partial charge in [-0.3, -0.25) is 9.78 Å². The predicted molar refractivity (Wildman–Crippen MR) is 74.3 cm³/mol. The highest BCUT2D eigenvalue weighted by Crippen LogP contribution is 2.25. The average Bonchev–Trinajstić information content (AvgIpc) is 2.82. The number of hydrogen-bond donors (Lipinski definition) is 1. The first-order chi connectivity index (χ1) is 9.16. The van der Waals surface area contributed by atoms with E-state index in [1.54, 1.807) is 36.5 Å². The van der Waals surface area contributed by atoms with Crippen molar-refractivity contribution in [3.63, 3.8) is 0 Å².